The third kappa shape index (κ3) is 4.96. The standard InChI is InChI=1S/C23H32O3S/c1-3-4-5-8-13-26-23(25)16(2)17-11-12-20-21(14-17)27-15-18-9-6-7-10-19(18)22(20)24/h11-12,14,16,18-19H,3-10,13,15H2,1-2H3/t16?,18-,19+/m1/s1. The lowest BCUT2D eigenvalue weighted by atomic mass is 9.76. The number of hydrogen-bond donors (Lipinski definition) is 0. The van der Waals surface area contributed by atoms with Gasteiger partial charge in [0.25, 0.3) is 0 Å². The Balaban J connectivity index is 1.66. The largest absolute Gasteiger partial charge is 0.465 e. The summed E-state index contributed by atoms with van der Waals surface area (Å²) in [6.45, 7) is 4.58. The maximum Gasteiger partial charge on any atom is 0.313 e. The summed E-state index contributed by atoms with van der Waals surface area (Å²) in [5, 5.41) is 0. The van der Waals surface area contributed by atoms with Crippen molar-refractivity contribution in [3.63, 3.8) is 0 Å². The highest BCUT2D eigenvalue weighted by molar-refractivity contribution is 7.99. The van der Waals surface area contributed by atoms with Gasteiger partial charge < -0.3 is 4.74 Å². The molecular formula is C23H32O3S. The minimum atomic E-state index is -0.289. The van der Waals surface area contributed by atoms with E-state index in [1.54, 1.807) is 11.8 Å². The van der Waals surface area contributed by atoms with Crippen LogP contribution >= 0.6 is 11.8 Å². The molecule has 0 N–H and O–H groups in total. The number of hydrogen-bond acceptors (Lipinski definition) is 4. The van der Waals surface area contributed by atoms with Crippen LogP contribution in [0.4, 0.5) is 0 Å². The van der Waals surface area contributed by atoms with Crippen molar-refractivity contribution in [2.45, 2.75) is 76.0 Å². The molecule has 0 radical (unpaired) electrons. The van der Waals surface area contributed by atoms with E-state index in [9.17, 15) is 9.59 Å². The molecule has 0 bridgehead atoms. The Morgan fingerprint density at radius 3 is 2.85 bits per heavy atom. The van der Waals surface area contributed by atoms with E-state index in [2.05, 4.69) is 13.0 Å². The Bertz CT molecular complexity index is 670. The highest BCUT2D eigenvalue weighted by atomic mass is 32.2. The number of esters is 1. The number of fused-ring (bicyclic) bond motifs is 2. The maximum absolute atomic E-state index is 13.0. The Kier molecular flexibility index (Phi) is 7.40. The first-order chi connectivity index (χ1) is 13.1. The van der Waals surface area contributed by atoms with E-state index in [0.29, 0.717) is 18.3 Å². The van der Waals surface area contributed by atoms with Crippen LogP contribution in [-0.2, 0) is 9.53 Å². The van der Waals surface area contributed by atoms with Gasteiger partial charge in [-0.05, 0) is 49.8 Å². The Morgan fingerprint density at radius 1 is 1.22 bits per heavy atom. The highest BCUT2D eigenvalue weighted by Crippen LogP contribution is 2.42. The third-order valence-electron chi connectivity index (χ3n) is 6.07. The molecule has 1 aliphatic carbocycles. The molecule has 0 aromatic heterocycles. The summed E-state index contributed by atoms with van der Waals surface area (Å²) in [6.07, 6.45) is 9.03. The summed E-state index contributed by atoms with van der Waals surface area (Å²) >= 11 is 1.80. The van der Waals surface area contributed by atoms with E-state index in [1.807, 2.05) is 19.1 Å². The predicted octanol–water partition coefficient (Wildman–Crippen LogP) is 6.01. The molecular weight excluding hydrogens is 356 g/mol. The van der Waals surface area contributed by atoms with Crippen LogP contribution < -0.4 is 0 Å². The molecule has 27 heavy (non-hydrogen) atoms. The number of ketones is 1. The fraction of sp³-hybridized carbons (Fsp3) is 0.652. The highest BCUT2D eigenvalue weighted by Gasteiger charge is 2.35. The number of carbonyl (C=O) groups is 2. The summed E-state index contributed by atoms with van der Waals surface area (Å²) in [4.78, 5) is 26.4. The fourth-order valence-electron chi connectivity index (χ4n) is 4.24. The molecule has 0 spiro atoms. The number of unbranched alkanes of at least 4 members (excludes halogenated alkanes) is 3. The molecule has 3 rings (SSSR count). The van der Waals surface area contributed by atoms with E-state index < -0.39 is 0 Å². The fourth-order valence-corrected chi connectivity index (χ4v) is 5.58. The van der Waals surface area contributed by atoms with E-state index in [4.69, 9.17) is 4.74 Å². The predicted molar refractivity (Wildman–Crippen MR) is 110 cm³/mol. The second-order valence-electron chi connectivity index (χ2n) is 8.03. The molecule has 1 unspecified atom stereocenters. The molecule has 4 heteroatoms. The van der Waals surface area contributed by atoms with Crippen molar-refractivity contribution in [3.05, 3.63) is 29.3 Å². The molecule has 1 aliphatic heterocycles. The van der Waals surface area contributed by atoms with Crippen LogP contribution in [0.1, 0.15) is 87.1 Å². The summed E-state index contributed by atoms with van der Waals surface area (Å²) in [5.41, 5.74) is 1.82. The van der Waals surface area contributed by atoms with Crippen LogP contribution in [0.15, 0.2) is 23.1 Å². The zero-order chi connectivity index (χ0) is 19.2. The van der Waals surface area contributed by atoms with E-state index in [1.165, 1.54) is 32.1 Å². The molecule has 3 nitrogen and oxygen atoms in total. The quantitative estimate of drug-likeness (QED) is 0.424. The van der Waals surface area contributed by atoms with Crippen LogP contribution in [0.25, 0.3) is 0 Å². The molecule has 3 atom stereocenters. The molecule has 1 saturated carbocycles. The average Bonchev–Trinajstić information content (AvgIpc) is 2.84. The SMILES string of the molecule is CCCCCCOC(=O)C(C)c1ccc2c(c1)SC[C@H]1CCCC[C@@H]1C2=O. The van der Waals surface area contributed by atoms with E-state index in [0.717, 1.165) is 41.0 Å². The normalized spacial score (nSPS) is 23.1. The van der Waals surface area contributed by atoms with Gasteiger partial charge in [0.1, 0.15) is 0 Å². The summed E-state index contributed by atoms with van der Waals surface area (Å²) < 4.78 is 5.46. The molecule has 1 aromatic carbocycles. The Hall–Kier alpha value is -1.29. The van der Waals surface area contributed by atoms with Gasteiger partial charge in [-0.2, -0.15) is 0 Å². The van der Waals surface area contributed by atoms with Crippen molar-refractivity contribution in [3.8, 4) is 0 Å². The molecule has 0 saturated heterocycles. The Labute approximate surface area is 167 Å². The average molecular weight is 389 g/mol. The zero-order valence-corrected chi connectivity index (χ0v) is 17.5. The summed E-state index contributed by atoms with van der Waals surface area (Å²) in [5.74, 6) is 1.59. The van der Waals surface area contributed by atoms with Crippen LogP contribution in [0.2, 0.25) is 0 Å². The first kappa shape index (κ1) is 20.4. The monoisotopic (exact) mass is 388 g/mol. The molecule has 2 aliphatic rings. The smallest absolute Gasteiger partial charge is 0.313 e. The number of rotatable bonds is 7. The third-order valence-corrected chi connectivity index (χ3v) is 7.31. The number of carbonyl (C=O) groups excluding carboxylic acids is 2. The van der Waals surface area contributed by atoms with Gasteiger partial charge in [-0.25, -0.2) is 0 Å². The van der Waals surface area contributed by atoms with E-state index in [-0.39, 0.29) is 17.8 Å². The minimum Gasteiger partial charge on any atom is -0.465 e. The van der Waals surface area contributed by atoms with Gasteiger partial charge in [-0.1, -0.05) is 45.1 Å². The molecule has 1 heterocycles. The van der Waals surface area contributed by atoms with Crippen molar-refractivity contribution in [1.29, 1.82) is 0 Å². The second-order valence-corrected chi connectivity index (χ2v) is 9.09. The van der Waals surface area contributed by atoms with Crippen molar-refractivity contribution in [2.75, 3.05) is 12.4 Å². The van der Waals surface area contributed by atoms with Gasteiger partial charge in [0.15, 0.2) is 5.78 Å². The van der Waals surface area contributed by atoms with Crippen LogP contribution in [0.3, 0.4) is 0 Å². The van der Waals surface area contributed by atoms with Gasteiger partial charge >= 0.3 is 5.97 Å². The van der Waals surface area contributed by atoms with Crippen molar-refractivity contribution >= 4 is 23.5 Å². The van der Waals surface area contributed by atoms with Gasteiger partial charge in [-0.3, -0.25) is 9.59 Å². The first-order valence-corrected chi connectivity index (χ1v) is 11.6. The van der Waals surface area contributed by atoms with Gasteiger partial charge in [-0.15, -0.1) is 11.8 Å². The lowest BCUT2D eigenvalue weighted by Crippen LogP contribution is -2.27. The molecule has 148 valence electrons. The topological polar surface area (TPSA) is 43.4 Å². The Morgan fingerprint density at radius 2 is 2.04 bits per heavy atom. The summed E-state index contributed by atoms with van der Waals surface area (Å²) in [7, 11) is 0. The van der Waals surface area contributed by atoms with E-state index >= 15 is 0 Å². The van der Waals surface area contributed by atoms with Crippen molar-refractivity contribution in [1.82, 2.24) is 0 Å². The van der Waals surface area contributed by atoms with Gasteiger partial charge in [0.2, 0.25) is 0 Å². The van der Waals surface area contributed by atoms with Crippen LogP contribution in [0.5, 0.6) is 0 Å². The second kappa shape index (κ2) is 9.77. The van der Waals surface area contributed by atoms with Crippen LogP contribution in [-0.4, -0.2) is 24.1 Å². The number of Topliss-reactive ketones (excluding diaryl/α,β-unsaturated/α-hetero) is 1. The molecule has 0 amide bonds. The number of thioether (sulfide) groups is 1. The lowest BCUT2D eigenvalue weighted by molar-refractivity contribution is -0.145. The zero-order valence-electron chi connectivity index (χ0n) is 16.7. The van der Waals surface area contributed by atoms with Crippen molar-refractivity contribution in [2.24, 2.45) is 11.8 Å². The lowest BCUT2D eigenvalue weighted by Gasteiger charge is -2.28. The maximum atomic E-state index is 13.0. The molecule has 1 aromatic rings. The first-order valence-electron chi connectivity index (χ1n) is 10.6. The number of ether oxygens (including phenoxy) is 1. The van der Waals surface area contributed by atoms with Gasteiger partial charge in [0, 0.05) is 22.1 Å². The summed E-state index contributed by atoms with van der Waals surface area (Å²) in [6, 6.07) is 5.95. The molecule has 1 fully saturated rings. The van der Waals surface area contributed by atoms with Crippen molar-refractivity contribution < 1.29 is 14.3 Å². The van der Waals surface area contributed by atoms with Gasteiger partial charge in [0.05, 0.1) is 12.5 Å². The van der Waals surface area contributed by atoms with Crippen LogP contribution in [0, 0.1) is 11.8 Å². The number of benzene rings is 1. The minimum absolute atomic E-state index is 0.162.